The summed E-state index contributed by atoms with van der Waals surface area (Å²) in [6.45, 7) is 3.69. The molecule has 7 heteroatoms. The molecule has 0 radical (unpaired) electrons. The Bertz CT molecular complexity index is 1010. The second kappa shape index (κ2) is 8.97. The zero-order valence-corrected chi connectivity index (χ0v) is 16.5. The van der Waals surface area contributed by atoms with E-state index in [4.69, 9.17) is 4.74 Å². The second-order valence-electron chi connectivity index (χ2n) is 6.51. The first kappa shape index (κ1) is 20.0. The molecule has 0 saturated carbocycles. The predicted molar refractivity (Wildman–Crippen MR) is 111 cm³/mol. The van der Waals surface area contributed by atoms with Crippen molar-refractivity contribution in [3.63, 3.8) is 0 Å². The number of hydrogen-bond donors (Lipinski definition) is 2. The van der Waals surface area contributed by atoms with Crippen molar-refractivity contribution in [1.29, 1.82) is 0 Å². The van der Waals surface area contributed by atoms with Gasteiger partial charge in [0.25, 0.3) is 5.91 Å². The van der Waals surface area contributed by atoms with Crippen molar-refractivity contribution in [1.82, 2.24) is 15.3 Å². The van der Waals surface area contributed by atoms with Gasteiger partial charge >= 0.3 is 0 Å². The first-order valence-electron chi connectivity index (χ1n) is 9.09. The molecule has 0 bridgehead atoms. The number of ketones is 1. The number of nitrogens with zero attached hydrogens (tertiary/aromatic N) is 2. The number of anilines is 2. The van der Waals surface area contributed by atoms with Crippen molar-refractivity contribution >= 4 is 23.3 Å². The lowest BCUT2D eigenvalue weighted by atomic mass is 10.1. The Kier molecular flexibility index (Phi) is 6.19. The van der Waals surface area contributed by atoms with Crippen LogP contribution in [0.15, 0.2) is 54.6 Å². The Balaban J connectivity index is 1.63. The zero-order valence-electron chi connectivity index (χ0n) is 16.5. The highest BCUT2D eigenvalue weighted by molar-refractivity contribution is 6.02. The summed E-state index contributed by atoms with van der Waals surface area (Å²) < 4.78 is 5.08. The Morgan fingerprint density at radius 1 is 0.931 bits per heavy atom. The Morgan fingerprint density at radius 3 is 2.28 bits per heavy atom. The molecule has 0 aliphatic rings. The van der Waals surface area contributed by atoms with Gasteiger partial charge in [-0.1, -0.05) is 6.07 Å². The summed E-state index contributed by atoms with van der Waals surface area (Å²) in [6.07, 6.45) is 0. The summed E-state index contributed by atoms with van der Waals surface area (Å²) in [4.78, 5) is 33.4. The van der Waals surface area contributed by atoms with Gasteiger partial charge in [0, 0.05) is 28.2 Å². The smallest absolute Gasteiger partial charge is 0.251 e. The fourth-order valence-electron chi connectivity index (χ4n) is 2.79. The van der Waals surface area contributed by atoms with Crippen LogP contribution in [0.3, 0.4) is 0 Å². The van der Waals surface area contributed by atoms with E-state index in [0.29, 0.717) is 28.5 Å². The van der Waals surface area contributed by atoms with E-state index in [1.165, 1.54) is 0 Å². The summed E-state index contributed by atoms with van der Waals surface area (Å²) >= 11 is 0. The fraction of sp³-hybridized carbons (Fsp3) is 0.182. The van der Waals surface area contributed by atoms with Gasteiger partial charge in [-0.15, -0.1) is 0 Å². The quantitative estimate of drug-likeness (QED) is 0.600. The van der Waals surface area contributed by atoms with Crippen LogP contribution in [0.1, 0.15) is 32.1 Å². The van der Waals surface area contributed by atoms with E-state index in [2.05, 4.69) is 20.6 Å². The largest absolute Gasteiger partial charge is 0.497 e. The number of rotatable bonds is 7. The first-order valence-corrected chi connectivity index (χ1v) is 9.09. The van der Waals surface area contributed by atoms with Crippen LogP contribution in [0.4, 0.5) is 11.6 Å². The van der Waals surface area contributed by atoms with Crippen LogP contribution in [-0.2, 0) is 0 Å². The van der Waals surface area contributed by atoms with Crippen LogP contribution in [0, 0.1) is 13.8 Å². The molecule has 3 aromatic rings. The molecule has 0 fully saturated rings. The zero-order chi connectivity index (χ0) is 20.8. The van der Waals surface area contributed by atoms with E-state index >= 15 is 0 Å². The number of nitrogens with one attached hydrogen (secondary N) is 2. The Hall–Kier alpha value is -3.74. The molecule has 1 heterocycles. The maximum absolute atomic E-state index is 12.5. The maximum Gasteiger partial charge on any atom is 0.251 e. The van der Waals surface area contributed by atoms with Gasteiger partial charge in [0.05, 0.1) is 13.7 Å². The van der Waals surface area contributed by atoms with E-state index in [1.807, 2.05) is 26.0 Å². The molecule has 7 nitrogen and oxygen atoms in total. The number of carbonyl (C=O) groups is 2. The molecule has 29 heavy (non-hydrogen) atoms. The second-order valence-corrected chi connectivity index (χ2v) is 6.51. The predicted octanol–water partition coefficient (Wildman–Crippen LogP) is 3.46. The van der Waals surface area contributed by atoms with Gasteiger partial charge in [0.2, 0.25) is 5.95 Å². The number of methoxy groups -OCH3 is 1. The van der Waals surface area contributed by atoms with Crippen LogP contribution >= 0.6 is 0 Å². The molecule has 148 valence electrons. The molecule has 0 saturated heterocycles. The van der Waals surface area contributed by atoms with E-state index in [0.717, 1.165) is 11.4 Å². The lowest BCUT2D eigenvalue weighted by Crippen LogP contribution is -2.29. The average molecular weight is 390 g/mol. The molecule has 3 rings (SSSR count). The number of aryl methyl sites for hydroxylation is 2. The third-order valence-corrected chi connectivity index (χ3v) is 4.18. The van der Waals surface area contributed by atoms with E-state index in [-0.39, 0.29) is 18.2 Å². The molecule has 0 atom stereocenters. The van der Waals surface area contributed by atoms with Crippen molar-refractivity contribution < 1.29 is 14.3 Å². The lowest BCUT2D eigenvalue weighted by molar-refractivity contribution is 0.0904. The third-order valence-electron chi connectivity index (χ3n) is 4.18. The van der Waals surface area contributed by atoms with Crippen molar-refractivity contribution in [2.24, 2.45) is 0 Å². The van der Waals surface area contributed by atoms with Crippen LogP contribution in [0.2, 0.25) is 0 Å². The summed E-state index contributed by atoms with van der Waals surface area (Å²) in [5.74, 6) is 0.619. The molecule has 0 unspecified atom stereocenters. The number of aromatic nitrogens is 2. The van der Waals surface area contributed by atoms with Crippen LogP contribution in [0.25, 0.3) is 0 Å². The third kappa shape index (κ3) is 5.38. The van der Waals surface area contributed by atoms with Gasteiger partial charge in [0.15, 0.2) is 5.78 Å². The molecule has 0 spiro atoms. The van der Waals surface area contributed by atoms with E-state index in [1.54, 1.807) is 49.6 Å². The monoisotopic (exact) mass is 390 g/mol. The van der Waals surface area contributed by atoms with Crippen LogP contribution in [-0.4, -0.2) is 35.3 Å². The summed E-state index contributed by atoms with van der Waals surface area (Å²) in [5, 5.41) is 5.76. The summed E-state index contributed by atoms with van der Waals surface area (Å²) in [5.41, 5.74) is 3.33. The minimum absolute atomic E-state index is 0.0942. The van der Waals surface area contributed by atoms with Gasteiger partial charge in [-0.05, 0) is 62.4 Å². The van der Waals surface area contributed by atoms with Crippen LogP contribution in [0.5, 0.6) is 5.75 Å². The molecular formula is C22H22N4O3. The Morgan fingerprint density at radius 2 is 1.62 bits per heavy atom. The molecule has 2 N–H and O–H groups in total. The van der Waals surface area contributed by atoms with Gasteiger partial charge in [-0.3, -0.25) is 9.59 Å². The lowest BCUT2D eigenvalue weighted by Gasteiger charge is -2.09. The molecule has 1 aromatic heterocycles. The standard InChI is InChI=1S/C22H22N4O3/c1-14-11-15(2)25-22(24-14)26-18-6-4-5-17(12-18)21(28)23-13-20(27)16-7-9-19(29-3)10-8-16/h4-12H,13H2,1-3H3,(H,23,28)(H,24,25,26). The van der Waals surface area contributed by atoms with Gasteiger partial charge in [0.1, 0.15) is 5.75 Å². The summed E-state index contributed by atoms with van der Waals surface area (Å²) in [7, 11) is 1.56. The number of hydrogen-bond acceptors (Lipinski definition) is 6. The molecule has 0 aliphatic heterocycles. The maximum atomic E-state index is 12.5. The minimum atomic E-state index is -0.336. The fourth-order valence-corrected chi connectivity index (χ4v) is 2.79. The van der Waals surface area contributed by atoms with Gasteiger partial charge in [-0.2, -0.15) is 0 Å². The number of carbonyl (C=O) groups excluding carboxylic acids is 2. The number of benzene rings is 2. The molecule has 0 aliphatic carbocycles. The highest BCUT2D eigenvalue weighted by Crippen LogP contribution is 2.16. The Labute approximate surface area is 169 Å². The van der Waals surface area contributed by atoms with E-state index < -0.39 is 0 Å². The van der Waals surface area contributed by atoms with Crippen LogP contribution < -0.4 is 15.4 Å². The van der Waals surface area contributed by atoms with Gasteiger partial charge < -0.3 is 15.4 Å². The molecular weight excluding hydrogens is 368 g/mol. The van der Waals surface area contributed by atoms with E-state index in [9.17, 15) is 9.59 Å². The number of Topliss-reactive ketones (excluding diaryl/α,β-unsaturated/α-hetero) is 1. The SMILES string of the molecule is COc1ccc(C(=O)CNC(=O)c2cccc(Nc3nc(C)cc(C)n3)c2)cc1. The minimum Gasteiger partial charge on any atom is -0.497 e. The summed E-state index contributed by atoms with van der Waals surface area (Å²) in [6, 6.07) is 15.6. The van der Waals surface area contributed by atoms with Crippen molar-refractivity contribution in [2.75, 3.05) is 19.0 Å². The highest BCUT2D eigenvalue weighted by atomic mass is 16.5. The van der Waals surface area contributed by atoms with Gasteiger partial charge in [-0.25, -0.2) is 9.97 Å². The topological polar surface area (TPSA) is 93.2 Å². The highest BCUT2D eigenvalue weighted by Gasteiger charge is 2.11. The first-order chi connectivity index (χ1) is 13.9. The molecule has 2 aromatic carbocycles. The number of amides is 1. The molecule has 1 amide bonds. The van der Waals surface area contributed by atoms with Crippen molar-refractivity contribution in [3.05, 3.63) is 77.1 Å². The average Bonchev–Trinajstić information content (AvgIpc) is 2.71. The number of ether oxygens (including phenoxy) is 1. The van der Waals surface area contributed by atoms with Crippen molar-refractivity contribution in [3.8, 4) is 5.75 Å². The normalized spacial score (nSPS) is 10.3. The van der Waals surface area contributed by atoms with Crippen molar-refractivity contribution in [2.45, 2.75) is 13.8 Å².